The third-order valence-corrected chi connectivity index (χ3v) is 7.60. The third-order valence-electron chi connectivity index (χ3n) is 5.03. The maximum absolute atomic E-state index is 11.8. The first-order valence-corrected chi connectivity index (χ1v) is 11.2. The van der Waals surface area contributed by atoms with Gasteiger partial charge in [-0.25, -0.2) is 18.4 Å². The zero-order chi connectivity index (χ0) is 18.5. The van der Waals surface area contributed by atoms with E-state index in [-0.39, 0.29) is 17.5 Å². The van der Waals surface area contributed by atoms with Gasteiger partial charge in [-0.05, 0) is 31.7 Å². The molecule has 138 valence electrons. The molecule has 1 saturated heterocycles. The lowest BCUT2D eigenvalue weighted by atomic mass is 10.1. The minimum atomic E-state index is -2.93. The standard InChI is InChI=1S/C17H21N5O2S2/c1-11-15(12(2)22(20-11)13-5-7-26(23,24)9-13)8-21(3)16-14-4-6-25-17(14)19-10-18-16/h4,6,10,13H,5,7-9H2,1-3H3/t13-/m0/s1. The van der Waals surface area contributed by atoms with Crippen LogP contribution >= 0.6 is 11.3 Å². The fourth-order valence-electron chi connectivity index (χ4n) is 3.64. The summed E-state index contributed by atoms with van der Waals surface area (Å²) in [4.78, 5) is 11.8. The highest BCUT2D eigenvalue weighted by molar-refractivity contribution is 7.91. The summed E-state index contributed by atoms with van der Waals surface area (Å²) in [6.07, 6.45) is 2.23. The van der Waals surface area contributed by atoms with Gasteiger partial charge in [-0.15, -0.1) is 11.3 Å². The summed E-state index contributed by atoms with van der Waals surface area (Å²) >= 11 is 1.60. The van der Waals surface area contributed by atoms with Crippen molar-refractivity contribution < 1.29 is 8.42 Å². The van der Waals surface area contributed by atoms with E-state index in [1.54, 1.807) is 17.7 Å². The van der Waals surface area contributed by atoms with Crippen molar-refractivity contribution in [3.05, 3.63) is 34.7 Å². The summed E-state index contributed by atoms with van der Waals surface area (Å²) in [5, 5.41) is 7.72. The van der Waals surface area contributed by atoms with Crippen LogP contribution in [0.1, 0.15) is 29.4 Å². The van der Waals surface area contributed by atoms with E-state index in [0.29, 0.717) is 13.0 Å². The molecule has 7 nitrogen and oxygen atoms in total. The van der Waals surface area contributed by atoms with Crippen molar-refractivity contribution in [1.82, 2.24) is 19.7 Å². The molecule has 0 aliphatic carbocycles. The third kappa shape index (κ3) is 2.99. The van der Waals surface area contributed by atoms with Gasteiger partial charge in [0.25, 0.3) is 0 Å². The van der Waals surface area contributed by atoms with Crippen LogP contribution in [-0.4, -0.2) is 46.7 Å². The van der Waals surface area contributed by atoms with Gasteiger partial charge in [-0.2, -0.15) is 5.10 Å². The van der Waals surface area contributed by atoms with Gasteiger partial charge in [0.2, 0.25) is 0 Å². The van der Waals surface area contributed by atoms with E-state index in [1.807, 2.05) is 37.0 Å². The Bertz CT molecular complexity index is 1070. The fourth-order valence-corrected chi connectivity index (χ4v) is 6.06. The molecule has 1 aliphatic rings. The van der Waals surface area contributed by atoms with E-state index in [9.17, 15) is 8.42 Å². The Morgan fingerprint density at radius 2 is 2.15 bits per heavy atom. The molecule has 9 heteroatoms. The number of sulfone groups is 1. The van der Waals surface area contributed by atoms with Gasteiger partial charge in [0.05, 0.1) is 28.6 Å². The number of hydrogen-bond acceptors (Lipinski definition) is 7. The first-order chi connectivity index (χ1) is 12.4. The molecule has 1 aliphatic heterocycles. The minimum Gasteiger partial charge on any atom is -0.355 e. The molecule has 0 bridgehead atoms. The molecule has 0 saturated carbocycles. The number of rotatable bonds is 4. The van der Waals surface area contributed by atoms with Crippen LogP contribution in [0.5, 0.6) is 0 Å². The molecule has 3 aromatic heterocycles. The number of nitrogens with zero attached hydrogens (tertiary/aromatic N) is 5. The molecule has 0 N–H and O–H groups in total. The van der Waals surface area contributed by atoms with E-state index in [1.165, 1.54) is 0 Å². The molecular formula is C17H21N5O2S2. The molecule has 0 spiro atoms. The quantitative estimate of drug-likeness (QED) is 0.680. The predicted octanol–water partition coefficient (Wildman–Crippen LogP) is 2.50. The summed E-state index contributed by atoms with van der Waals surface area (Å²) in [5.74, 6) is 1.33. The first-order valence-electron chi connectivity index (χ1n) is 8.50. The van der Waals surface area contributed by atoms with E-state index >= 15 is 0 Å². The van der Waals surface area contributed by atoms with Crippen molar-refractivity contribution in [3.63, 3.8) is 0 Å². The molecule has 0 unspecified atom stereocenters. The van der Waals surface area contributed by atoms with Crippen molar-refractivity contribution in [1.29, 1.82) is 0 Å². The molecule has 4 heterocycles. The van der Waals surface area contributed by atoms with Crippen LogP contribution in [0.4, 0.5) is 5.82 Å². The lowest BCUT2D eigenvalue weighted by molar-refractivity contribution is 0.485. The number of aryl methyl sites for hydroxylation is 1. The predicted molar refractivity (Wildman–Crippen MR) is 104 cm³/mol. The second-order valence-electron chi connectivity index (χ2n) is 6.84. The number of thiophene rings is 1. The van der Waals surface area contributed by atoms with E-state index < -0.39 is 9.84 Å². The lowest BCUT2D eigenvalue weighted by Gasteiger charge is -2.19. The van der Waals surface area contributed by atoms with Gasteiger partial charge < -0.3 is 4.90 Å². The van der Waals surface area contributed by atoms with Gasteiger partial charge in [-0.1, -0.05) is 0 Å². The highest BCUT2D eigenvalue weighted by atomic mass is 32.2. The Morgan fingerprint density at radius 1 is 1.35 bits per heavy atom. The number of anilines is 1. The summed E-state index contributed by atoms with van der Waals surface area (Å²) < 4.78 is 25.5. The zero-order valence-electron chi connectivity index (χ0n) is 15.0. The molecular weight excluding hydrogens is 370 g/mol. The monoisotopic (exact) mass is 391 g/mol. The molecule has 0 radical (unpaired) electrons. The molecule has 0 amide bonds. The van der Waals surface area contributed by atoms with Gasteiger partial charge in [0.15, 0.2) is 9.84 Å². The van der Waals surface area contributed by atoms with Crippen LogP contribution < -0.4 is 4.90 Å². The van der Waals surface area contributed by atoms with Crippen LogP contribution in [0.3, 0.4) is 0 Å². The zero-order valence-corrected chi connectivity index (χ0v) is 16.6. The van der Waals surface area contributed by atoms with Crippen LogP contribution in [-0.2, 0) is 16.4 Å². The first kappa shape index (κ1) is 17.4. The van der Waals surface area contributed by atoms with Crippen molar-refractivity contribution in [3.8, 4) is 0 Å². The fraction of sp³-hybridized carbons (Fsp3) is 0.471. The second kappa shape index (κ2) is 6.31. The number of hydrogen-bond donors (Lipinski definition) is 0. The molecule has 26 heavy (non-hydrogen) atoms. The highest BCUT2D eigenvalue weighted by Crippen LogP contribution is 2.30. The van der Waals surface area contributed by atoms with Crippen LogP contribution in [0.25, 0.3) is 10.2 Å². The Kier molecular flexibility index (Phi) is 4.23. The Labute approximate surface area is 156 Å². The van der Waals surface area contributed by atoms with Gasteiger partial charge in [0, 0.05) is 24.8 Å². The Morgan fingerprint density at radius 3 is 2.88 bits per heavy atom. The molecule has 3 aromatic rings. The topological polar surface area (TPSA) is 81.0 Å². The number of aromatic nitrogens is 4. The molecule has 4 rings (SSSR count). The van der Waals surface area contributed by atoms with E-state index in [0.717, 1.165) is 33.0 Å². The normalized spacial score (nSPS) is 19.3. The molecule has 0 aromatic carbocycles. The van der Waals surface area contributed by atoms with Crippen LogP contribution in [0.15, 0.2) is 17.8 Å². The summed E-state index contributed by atoms with van der Waals surface area (Å²) in [6, 6.07) is 1.98. The van der Waals surface area contributed by atoms with Crippen molar-refractivity contribution >= 4 is 37.2 Å². The average Bonchev–Trinajstić information content (AvgIpc) is 3.27. The van der Waals surface area contributed by atoms with Crippen molar-refractivity contribution in [2.45, 2.75) is 32.9 Å². The molecule has 1 atom stereocenters. The second-order valence-corrected chi connectivity index (χ2v) is 9.97. The van der Waals surface area contributed by atoms with Crippen molar-refractivity contribution in [2.24, 2.45) is 0 Å². The lowest BCUT2D eigenvalue weighted by Crippen LogP contribution is -2.19. The Balaban J connectivity index is 1.64. The Hall–Kier alpha value is -2.00. The summed E-state index contributed by atoms with van der Waals surface area (Å²) in [7, 11) is -0.925. The van der Waals surface area contributed by atoms with E-state index in [2.05, 4.69) is 20.0 Å². The minimum absolute atomic E-state index is 0.0552. The maximum Gasteiger partial charge on any atom is 0.152 e. The summed E-state index contributed by atoms with van der Waals surface area (Å²) in [5.41, 5.74) is 3.10. The van der Waals surface area contributed by atoms with E-state index in [4.69, 9.17) is 0 Å². The van der Waals surface area contributed by atoms with Crippen molar-refractivity contribution in [2.75, 3.05) is 23.5 Å². The van der Waals surface area contributed by atoms with Gasteiger partial charge >= 0.3 is 0 Å². The van der Waals surface area contributed by atoms with Crippen LogP contribution in [0.2, 0.25) is 0 Å². The SMILES string of the molecule is Cc1nn([C@H]2CCS(=O)(=O)C2)c(C)c1CN(C)c1ncnc2sccc12. The molecule has 1 fully saturated rings. The maximum atomic E-state index is 11.8. The van der Waals surface area contributed by atoms with Gasteiger partial charge in [0.1, 0.15) is 17.0 Å². The largest absolute Gasteiger partial charge is 0.355 e. The average molecular weight is 392 g/mol. The highest BCUT2D eigenvalue weighted by Gasteiger charge is 2.31. The number of fused-ring (bicyclic) bond motifs is 1. The smallest absolute Gasteiger partial charge is 0.152 e. The van der Waals surface area contributed by atoms with Crippen LogP contribution in [0, 0.1) is 13.8 Å². The summed E-state index contributed by atoms with van der Waals surface area (Å²) in [6.45, 7) is 4.67. The van der Waals surface area contributed by atoms with Gasteiger partial charge in [-0.3, -0.25) is 4.68 Å².